The van der Waals surface area contributed by atoms with E-state index in [4.69, 9.17) is 27.9 Å². The lowest BCUT2D eigenvalue weighted by molar-refractivity contribution is -0.124. The first-order valence-corrected chi connectivity index (χ1v) is 12.8. The number of ether oxygens (including phenoxy) is 1. The molecule has 2 atom stereocenters. The Morgan fingerprint density at radius 2 is 1.88 bits per heavy atom. The Morgan fingerprint density at radius 1 is 1.12 bits per heavy atom. The van der Waals surface area contributed by atoms with E-state index in [1.54, 1.807) is 34.9 Å². The molecule has 2 unspecified atom stereocenters. The Hall–Kier alpha value is -1.77. The van der Waals surface area contributed by atoms with Gasteiger partial charge in [-0.2, -0.15) is 0 Å². The molecule has 0 saturated carbocycles. The number of nitrogens with zero attached hydrogens (tertiary/aromatic N) is 2. The molecule has 1 N–H and O–H groups in total. The molecule has 2 aromatic rings. The molecule has 2 fully saturated rings. The number of morpholine rings is 1. The summed E-state index contributed by atoms with van der Waals surface area (Å²) >= 11 is 13.9. The van der Waals surface area contributed by atoms with E-state index in [1.165, 1.54) is 0 Å². The van der Waals surface area contributed by atoms with Crippen molar-refractivity contribution < 1.29 is 14.3 Å². The van der Waals surface area contributed by atoms with Gasteiger partial charge >= 0.3 is 0 Å². The molecule has 2 amide bonds. The molecule has 2 heterocycles. The zero-order valence-electron chi connectivity index (χ0n) is 18.4. The van der Waals surface area contributed by atoms with Crippen LogP contribution in [0.3, 0.4) is 0 Å². The average molecular weight is 508 g/mol. The van der Waals surface area contributed by atoms with E-state index in [9.17, 15) is 9.59 Å². The summed E-state index contributed by atoms with van der Waals surface area (Å²) in [6.07, 6.45) is 0. The number of nitrogens with one attached hydrogen (secondary N) is 1. The van der Waals surface area contributed by atoms with Crippen LogP contribution < -0.4 is 5.32 Å². The maximum atomic E-state index is 13.7. The van der Waals surface area contributed by atoms with E-state index in [0.717, 1.165) is 44.0 Å². The second-order valence-electron chi connectivity index (χ2n) is 8.15. The lowest BCUT2D eigenvalue weighted by Crippen LogP contribution is -2.50. The first kappa shape index (κ1) is 24.4. The second kappa shape index (κ2) is 11.1. The Balaban J connectivity index is 1.54. The quantitative estimate of drug-likeness (QED) is 0.639. The number of hydrogen-bond acceptors (Lipinski definition) is 5. The van der Waals surface area contributed by atoms with Crippen LogP contribution in [0.15, 0.2) is 42.5 Å². The van der Waals surface area contributed by atoms with Crippen molar-refractivity contribution in [2.45, 2.75) is 18.3 Å². The number of amides is 2. The summed E-state index contributed by atoms with van der Waals surface area (Å²) in [5.74, 6) is 0.203. The minimum absolute atomic E-state index is 0.139. The molecular weight excluding hydrogens is 481 g/mol. The predicted octanol–water partition coefficient (Wildman–Crippen LogP) is 4.01. The van der Waals surface area contributed by atoms with Crippen molar-refractivity contribution in [3.8, 4) is 0 Å². The highest BCUT2D eigenvalue weighted by Gasteiger charge is 2.43. The summed E-state index contributed by atoms with van der Waals surface area (Å²) in [7, 11) is 0. The molecular formula is C24H27Cl2N3O3S. The predicted molar refractivity (Wildman–Crippen MR) is 133 cm³/mol. The monoisotopic (exact) mass is 507 g/mol. The Labute approximate surface area is 208 Å². The smallest absolute Gasteiger partial charge is 0.256 e. The largest absolute Gasteiger partial charge is 0.379 e. The summed E-state index contributed by atoms with van der Waals surface area (Å²) in [6, 6.07) is 12.2. The van der Waals surface area contributed by atoms with Crippen LogP contribution in [-0.2, 0) is 9.53 Å². The molecule has 33 heavy (non-hydrogen) atoms. The van der Waals surface area contributed by atoms with Crippen LogP contribution in [0.25, 0.3) is 0 Å². The highest BCUT2D eigenvalue weighted by atomic mass is 35.5. The number of benzene rings is 2. The van der Waals surface area contributed by atoms with Gasteiger partial charge in [-0.1, -0.05) is 47.5 Å². The molecule has 0 bridgehead atoms. The van der Waals surface area contributed by atoms with Gasteiger partial charge in [0.15, 0.2) is 0 Å². The zero-order chi connectivity index (χ0) is 23.4. The van der Waals surface area contributed by atoms with Gasteiger partial charge in [0.25, 0.3) is 5.91 Å². The SMILES string of the molecule is Cc1ccccc1C(=O)N1C(C(=O)NCCN2CCOCC2)CSC1c1ccc(Cl)c(Cl)c1. The van der Waals surface area contributed by atoms with Gasteiger partial charge in [0.05, 0.1) is 23.3 Å². The zero-order valence-corrected chi connectivity index (χ0v) is 20.8. The number of rotatable bonds is 6. The molecule has 0 spiro atoms. The van der Waals surface area contributed by atoms with Crippen molar-refractivity contribution in [2.75, 3.05) is 45.1 Å². The maximum Gasteiger partial charge on any atom is 0.256 e. The lowest BCUT2D eigenvalue weighted by Gasteiger charge is -2.30. The summed E-state index contributed by atoms with van der Waals surface area (Å²) in [4.78, 5) is 30.9. The van der Waals surface area contributed by atoms with Crippen LogP contribution >= 0.6 is 35.0 Å². The van der Waals surface area contributed by atoms with Crippen LogP contribution in [0.4, 0.5) is 0 Å². The summed E-state index contributed by atoms with van der Waals surface area (Å²) < 4.78 is 5.38. The molecule has 2 aliphatic heterocycles. The molecule has 176 valence electrons. The van der Waals surface area contributed by atoms with E-state index in [0.29, 0.717) is 27.9 Å². The number of carbonyl (C=O) groups excluding carboxylic acids is 2. The van der Waals surface area contributed by atoms with Gasteiger partial charge in [-0.3, -0.25) is 14.5 Å². The number of thioether (sulfide) groups is 1. The number of carbonyl (C=O) groups is 2. The Morgan fingerprint density at radius 3 is 2.61 bits per heavy atom. The van der Waals surface area contributed by atoms with Gasteiger partial charge in [0.2, 0.25) is 5.91 Å². The number of aryl methyl sites for hydroxylation is 1. The van der Waals surface area contributed by atoms with Crippen molar-refractivity contribution in [3.05, 3.63) is 69.2 Å². The summed E-state index contributed by atoms with van der Waals surface area (Å²) in [5.41, 5.74) is 2.31. The third-order valence-electron chi connectivity index (χ3n) is 5.97. The first-order chi connectivity index (χ1) is 16.0. The normalized spacial score (nSPS) is 21.2. The maximum absolute atomic E-state index is 13.7. The van der Waals surface area contributed by atoms with Gasteiger partial charge in [-0.15, -0.1) is 11.8 Å². The second-order valence-corrected chi connectivity index (χ2v) is 10.1. The van der Waals surface area contributed by atoms with Crippen LogP contribution in [-0.4, -0.2) is 72.8 Å². The van der Waals surface area contributed by atoms with Crippen molar-refractivity contribution in [1.29, 1.82) is 0 Å². The molecule has 6 nitrogen and oxygen atoms in total. The van der Waals surface area contributed by atoms with Crippen LogP contribution in [0.1, 0.15) is 26.9 Å². The number of halogens is 2. The fraction of sp³-hybridized carbons (Fsp3) is 0.417. The van der Waals surface area contributed by atoms with E-state index in [-0.39, 0.29) is 17.2 Å². The third kappa shape index (κ3) is 5.66. The van der Waals surface area contributed by atoms with Crippen molar-refractivity contribution in [2.24, 2.45) is 0 Å². The summed E-state index contributed by atoms with van der Waals surface area (Å²) in [6.45, 7) is 6.37. The third-order valence-corrected chi connectivity index (χ3v) is 8.04. The van der Waals surface area contributed by atoms with Crippen molar-refractivity contribution in [1.82, 2.24) is 15.1 Å². The van der Waals surface area contributed by atoms with E-state index >= 15 is 0 Å². The van der Waals surface area contributed by atoms with Crippen LogP contribution in [0.5, 0.6) is 0 Å². The van der Waals surface area contributed by atoms with Crippen molar-refractivity contribution >= 4 is 46.8 Å². The fourth-order valence-electron chi connectivity index (χ4n) is 4.11. The van der Waals surface area contributed by atoms with Crippen LogP contribution in [0.2, 0.25) is 10.0 Å². The molecule has 0 radical (unpaired) electrons. The topological polar surface area (TPSA) is 61.9 Å². The van der Waals surface area contributed by atoms with Gasteiger partial charge in [0, 0.05) is 37.5 Å². The van der Waals surface area contributed by atoms with Gasteiger partial charge < -0.3 is 15.0 Å². The van der Waals surface area contributed by atoms with E-state index in [1.807, 2.05) is 31.2 Å². The summed E-state index contributed by atoms with van der Waals surface area (Å²) in [5, 5.41) is 3.59. The van der Waals surface area contributed by atoms with E-state index in [2.05, 4.69) is 10.2 Å². The van der Waals surface area contributed by atoms with Gasteiger partial charge in [-0.05, 0) is 36.2 Å². The van der Waals surface area contributed by atoms with E-state index < -0.39 is 6.04 Å². The standard InChI is InChI=1S/C24H27Cl2N3O3S/c1-16-4-2-3-5-18(16)23(31)29-21(22(30)27-8-9-28-10-12-32-13-11-28)15-33-24(29)17-6-7-19(25)20(26)14-17/h2-7,14,21,24H,8-13,15H2,1H3,(H,27,30). The molecule has 2 aliphatic rings. The molecule has 2 aromatic carbocycles. The molecule has 9 heteroatoms. The fourth-order valence-corrected chi connectivity index (χ4v) is 5.84. The average Bonchev–Trinajstić information content (AvgIpc) is 3.27. The van der Waals surface area contributed by atoms with Gasteiger partial charge in [-0.25, -0.2) is 0 Å². The lowest BCUT2D eigenvalue weighted by atomic mass is 10.1. The molecule has 2 saturated heterocycles. The van der Waals surface area contributed by atoms with Gasteiger partial charge in [0.1, 0.15) is 11.4 Å². The Kier molecular flexibility index (Phi) is 8.20. The minimum Gasteiger partial charge on any atom is -0.379 e. The molecule has 0 aliphatic carbocycles. The molecule has 0 aromatic heterocycles. The van der Waals surface area contributed by atoms with Crippen LogP contribution in [0, 0.1) is 6.92 Å². The highest BCUT2D eigenvalue weighted by Crippen LogP contribution is 2.43. The minimum atomic E-state index is -0.578. The first-order valence-electron chi connectivity index (χ1n) is 11.0. The molecule has 4 rings (SSSR count). The number of hydrogen-bond donors (Lipinski definition) is 1. The Bertz CT molecular complexity index is 1020. The van der Waals surface area contributed by atoms with Crippen molar-refractivity contribution in [3.63, 3.8) is 0 Å². The highest BCUT2D eigenvalue weighted by molar-refractivity contribution is 7.99.